The van der Waals surface area contributed by atoms with Crippen LogP contribution in [0.15, 0.2) is 47.0 Å². The molecule has 0 amide bonds. The van der Waals surface area contributed by atoms with Crippen LogP contribution in [0.2, 0.25) is 0 Å². The molecule has 4 nitrogen and oxygen atoms in total. The van der Waals surface area contributed by atoms with Crippen molar-refractivity contribution in [3.05, 3.63) is 65.0 Å². The fourth-order valence-electron chi connectivity index (χ4n) is 2.57. The third-order valence-corrected chi connectivity index (χ3v) is 4.34. The van der Waals surface area contributed by atoms with Crippen LogP contribution in [0.5, 0.6) is 0 Å². The number of benzene rings is 2. The lowest BCUT2D eigenvalue weighted by Gasteiger charge is -2.09. The molecule has 124 valence electrons. The molecular formula is C20H23N3O. The smallest absolute Gasteiger partial charge is 0.246 e. The second-order valence-corrected chi connectivity index (χ2v) is 6.39. The first kappa shape index (κ1) is 16.2. The van der Waals surface area contributed by atoms with Crippen LogP contribution in [-0.2, 0) is 6.54 Å². The third kappa shape index (κ3) is 3.48. The van der Waals surface area contributed by atoms with E-state index in [2.05, 4.69) is 67.4 Å². The zero-order valence-corrected chi connectivity index (χ0v) is 14.6. The predicted molar refractivity (Wildman–Crippen MR) is 97.1 cm³/mol. The standard InChI is InChI=1S/C20H23N3O/c1-13(2)16-8-10-17(11-9-16)20-22-19(24-23-20)12-21-18-7-5-6-14(3)15(18)4/h5-11,13,21H,12H2,1-4H3. The summed E-state index contributed by atoms with van der Waals surface area (Å²) in [5.41, 5.74) is 5.87. The maximum Gasteiger partial charge on any atom is 0.246 e. The summed E-state index contributed by atoms with van der Waals surface area (Å²) in [6.07, 6.45) is 0. The number of hydrogen-bond donors (Lipinski definition) is 1. The normalized spacial score (nSPS) is 11.0. The molecule has 4 heteroatoms. The van der Waals surface area contributed by atoms with E-state index in [1.807, 2.05) is 18.2 Å². The predicted octanol–water partition coefficient (Wildman–Crippen LogP) is 5.09. The number of aryl methyl sites for hydroxylation is 1. The van der Waals surface area contributed by atoms with Crippen molar-refractivity contribution in [2.45, 2.75) is 40.2 Å². The minimum absolute atomic E-state index is 0.515. The van der Waals surface area contributed by atoms with Crippen LogP contribution < -0.4 is 5.32 Å². The third-order valence-electron chi connectivity index (χ3n) is 4.34. The van der Waals surface area contributed by atoms with Gasteiger partial charge in [0.2, 0.25) is 11.7 Å². The Morgan fingerprint density at radius 1 is 1.04 bits per heavy atom. The van der Waals surface area contributed by atoms with E-state index in [1.54, 1.807) is 0 Å². The van der Waals surface area contributed by atoms with Crippen molar-refractivity contribution >= 4 is 5.69 Å². The van der Waals surface area contributed by atoms with Gasteiger partial charge < -0.3 is 9.84 Å². The molecule has 0 saturated carbocycles. The van der Waals surface area contributed by atoms with Gasteiger partial charge in [-0.05, 0) is 42.5 Å². The molecule has 3 aromatic rings. The summed E-state index contributed by atoms with van der Waals surface area (Å²) in [4.78, 5) is 4.48. The summed E-state index contributed by atoms with van der Waals surface area (Å²) in [5, 5.41) is 7.45. The van der Waals surface area contributed by atoms with Crippen LogP contribution in [-0.4, -0.2) is 10.1 Å². The number of anilines is 1. The molecular weight excluding hydrogens is 298 g/mol. The molecule has 0 aliphatic heterocycles. The topological polar surface area (TPSA) is 51.0 Å². The molecule has 0 fully saturated rings. The monoisotopic (exact) mass is 321 g/mol. The van der Waals surface area contributed by atoms with Gasteiger partial charge >= 0.3 is 0 Å². The lowest BCUT2D eigenvalue weighted by atomic mass is 10.0. The van der Waals surface area contributed by atoms with E-state index in [9.17, 15) is 0 Å². The van der Waals surface area contributed by atoms with Gasteiger partial charge in [-0.25, -0.2) is 0 Å². The molecule has 0 saturated heterocycles. The van der Waals surface area contributed by atoms with Crippen molar-refractivity contribution < 1.29 is 4.52 Å². The molecule has 1 heterocycles. The van der Waals surface area contributed by atoms with Crippen LogP contribution in [0.3, 0.4) is 0 Å². The second kappa shape index (κ2) is 6.87. The highest BCUT2D eigenvalue weighted by molar-refractivity contribution is 5.55. The van der Waals surface area contributed by atoms with Crippen molar-refractivity contribution in [3.8, 4) is 11.4 Å². The molecule has 1 N–H and O–H groups in total. The Hall–Kier alpha value is -2.62. The van der Waals surface area contributed by atoms with Gasteiger partial charge in [-0.3, -0.25) is 0 Å². The quantitative estimate of drug-likeness (QED) is 0.711. The number of hydrogen-bond acceptors (Lipinski definition) is 4. The highest BCUT2D eigenvalue weighted by atomic mass is 16.5. The lowest BCUT2D eigenvalue weighted by Crippen LogP contribution is -2.02. The Balaban J connectivity index is 1.70. The summed E-state index contributed by atoms with van der Waals surface area (Å²) in [7, 11) is 0. The van der Waals surface area contributed by atoms with Crippen LogP contribution in [0.25, 0.3) is 11.4 Å². The van der Waals surface area contributed by atoms with Crippen LogP contribution in [0.4, 0.5) is 5.69 Å². The average Bonchev–Trinajstić information content (AvgIpc) is 3.05. The van der Waals surface area contributed by atoms with Crippen molar-refractivity contribution in [3.63, 3.8) is 0 Å². The number of rotatable bonds is 5. The number of nitrogens with zero attached hydrogens (tertiary/aromatic N) is 2. The van der Waals surface area contributed by atoms with Crippen molar-refractivity contribution in [2.24, 2.45) is 0 Å². The fraction of sp³-hybridized carbons (Fsp3) is 0.300. The van der Waals surface area contributed by atoms with Gasteiger partial charge in [0.1, 0.15) is 0 Å². The highest BCUT2D eigenvalue weighted by Crippen LogP contribution is 2.22. The van der Waals surface area contributed by atoms with Gasteiger partial charge in [0.05, 0.1) is 6.54 Å². The zero-order chi connectivity index (χ0) is 17.1. The Morgan fingerprint density at radius 3 is 2.50 bits per heavy atom. The van der Waals surface area contributed by atoms with Crippen molar-refractivity contribution in [1.82, 2.24) is 10.1 Å². The van der Waals surface area contributed by atoms with E-state index < -0.39 is 0 Å². The molecule has 24 heavy (non-hydrogen) atoms. The minimum atomic E-state index is 0.515. The molecule has 3 rings (SSSR count). The maximum absolute atomic E-state index is 5.36. The second-order valence-electron chi connectivity index (χ2n) is 6.39. The Kier molecular flexibility index (Phi) is 4.65. The van der Waals surface area contributed by atoms with E-state index in [1.165, 1.54) is 16.7 Å². The summed E-state index contributed by atoms with van der Waals surface area (Å²) in [5.74, 6) is 1.73. The van der Waals surface area contributed by atoms with Gasteiger partial charge in [-0.15, -0.1) is 0 Å². The van der Waals surface area contributed by atoms with Gasteiger partial charge in [0.25, 0.3) is 0 Å². The first-order chi connectivity index (χ1) is 11.5. The summed E-state index contributed by atoms with van der Waals surface area (Å²) in [6.45, 7) is 9.08. The Labute approximate surface area is 142 Å². The zero-order valence-electron chi connectivity index (χ0n) is 14.6. The molecule has 0 radical (unpaired) electrons. The first-order valence-electron chi connectivity index (χ1n) is 8.27. The largest absolute Gasteiger partial charge is 0.376 e. The molecule has 0 spiro atoms. The molecule has 2 aromatic carbocycles. The molecule has 0 bridgehead atoms. The van der Waals surface area contributed by atoms with E-state index in [0.717, 1.165) is 11.3 Å². The summed E-state index contributed by atoms with van der Waals surface area (Å²) in [6, 6.07) is 14.5. The van der Waals surface area contributed by atoms with Gasteiger partial charge in [0, 0.05) is 11.3 Å². The summed E-state index contributed by atoms with van der Waals surface area (Å²) < 4.78 is 5.36. The SMILES string of the molecule is Cc1cccc(NCc2nc(-c3ccc(C(C)C)cc3)no2)c1C. The average molecular weight is 321 g/mol. The summed E-state index contributed by atoms with van der Waals surface area (Å²) >= 11 is 0. The molecule has 0 atom stereocenters. The van der Waals surface area contributed by atoms with Crippen LogP contribution in [0.1, 0.15) is 42.3 Å². The number of aromatic nitrogens is 2. The van der Waals surface area contributed by atoms with Crippen LogP contribution >= 0.6 is 0 Å². The highest BCUT2D eigenvalue weighted by Gasteiger charge is 2.10. The van der Waals surface area contributed by atoms with Crippen molar-refractivity contribution in [2.75, 3.05) is 5.32 Å². The minimum Gasteiger partial charge on any atom is -0.376 e. The van der Waals surface area contributed by atoms with E-state index in [0.29, 0.717) is 24.2 Å². The van der Waals surface area contributed by atoms with E-state index in [4.69, 9.17) is 4.52 Å². The Bertz CT molecular complexity index is 819. The molecule has 0 aliphatic rings. The molecule has 0 unspecified atom stereocenters. The Morgan fingerprint density at radius 2 is 1.79 bits per heavy atom. The lowest BCUT2D eigenvalue weighted by molar-refractivity contribution is 0.384. The number of nitrogens with one attached hydrogen (secondary N) is 1. The first-order valence-corrected chi connectivity index (χ1v) is 8.27. The molecule has 0 aliphatic carbocycles. The van der Waals surface area contributed by atoms with Crippen molar-refractivity contribution in [1.29, 1.82) is 0 Å². The van der Waals surface area contributed by atoms with Gasteiger partial charge in [-0.1, -0.05) is 55.4 Å². The van der Waals surface area contributed by atoms with Gasteiger partial charge in [-0.2, -0.15) is 4.98 Å². The van der Waals surface area contributed by atoms with E-state index in [-0.39, 0.29) is 0 Å². The molecule has 1 aromatic heterocycles. The maximum atomic E-state index is 5.36. The fourth-order valence-corrected chi connectivity index (χ4v) is 2.57. The van der Waals surface area contributed by atoms with Crippen LogP contribution in [0, 0.1) is 13.8 Å². The van der Waals surface area contributed by atoms with Gasteiger partial charge in [0.15, 0.2) is 0 Å². The van der Waals surface area contributed by atoms with E-state index >= 15 is 0 Å².